The van der Waals surface area contributed by atoms with Gasteiger partial charge in [-0.1, -0.05) is 0 Å². The van der Waals surface area contributed by atoms with Gasteiger partial charge in [-0.15, -0.1) is 11.6 Å². The summed E-state index contributed by atoms with van der Waals surface area (Å²) in [6, 6.07) is 0. The van der Waals surface area contributed by atoms with E-state index in [1.807, 2.05) is 13.8 Å². The molecule has 0 atom stereocenters. The van der Waals surface area contributed by atoms with Crippen LogP contribution >= 0.6 is 11.6 Å². The zero-order chi connectivity index (χ0) is 3.58. The maximum atomic E-state index is 5.27. The van der Waals surface area contributed by atoms with Crippen molar-refractivity contribution in [1.29, 1.82) is 0 Å². The van der Waals surface area contributed by atoms with Crippen molar-refractivity contribution in [2.24, 2.45) is 0 Å². The molecule has 0 saturated heterocycles. The summed E-state index contributed by atoms with van der Waals surface area (Å²) < 4.78 is 0. The summed E-state index contributed by atoms with van der Waals surface area (Å²) in [4.78, 5) is 0. The van der Waals surface area contributed by atoms with Crippen LogP contribution in [0.4, 0.5) is 0 Å². The summed E-state index contributed by atoms with van der Waals surface area (Å²) in [5.41, 5.74) is 0. The van der Waals surface area contributed by atoms with E-state index >= 15 is 0 Å². The molecule has 0 N–H and O–H groups in total. The van der Waals surface area contributed by atoms with Crippen LogP contribution in [0, 0.1) is 0 Å². The zero-order valence-electron chi connectivity index (χ0n) is 3.66. The average molecular weight is 279 g/mol. The molecule has 0 aliphatic carbocycles. The van der Waals surface area contributed by atoms with E-state index in [0.29, 0.717) is 5.38 Å². The Balaban J connectivity index is 0. The molecule has 0 fully saturated rings. The fourth-order valence-electron chi connectivity index (χ4n) is 0. The molecule has 0 aromatic rings. The first kappa shape index (κ1) is 9.52. The van der Waals surface area contributed by atoms with E-state index in [1.165, 1.54) is 0 Å². The Hall–Kier alpha value is 1.23. The molecule has 0 aromatic carbocycles. The second-order valence-electron chi connectivity index (χ2n) is 1.01. The molecule has 5 heavy (non-hydrogen) atoms. The molecular weight excluding hydrogens is 272 g/mol. The summed E-state index contributed by atoms with van der Waals surface area (Å²) in [5.74, 6) is 0. The van der Waals surface area contributed by atoms with Gasteiger partial charge in [0, 0.05) is 5.38 Å². The van der Waals surface area contributed by atoms with E-state index in [4.69, 9.17) is 11.6 Å². The van der Waals surface area contributed by atoms with Crippen molar-refractivity contribution in [2.45, 2.75) is 19.2 Å². The SMILES string of the molecule is CC(C)Cl.[Hg+2]. The van der Waals surface area contributed by atoms with E-state index in [2.05, 4.69) is 0 Å². The minimum Gasteiger partial charge on any atom is -0.124 e. The molecule has 0 amide bonds. The van der Waals surface area contributed by atoms with Crippen LogP contribution in [0.1, 0.15) is 13.8 Å². The van der Waals surface area contributed by atoms with Gasteiger partial charge in [-0.05, 0) is 13.8 Å². The second kappa shape index (κ2) is 5.23. The van der Waals surface area contributed by atoms with Crippen LogP contribution in [0.25, 0.3) is 0 Å². The monoisotopic (exact) mass is 280 g/mol. The van der Waals surface area contributed by atoms with Crippen LogP contribution in [0.5, 0.6) is 0 Å². The van der Waals surface area contributed by atoms with Gasteiger partial charge in [0.15, 0.2) is 0 Å². The standard InChI is InChI=1S/C3H7Cl.Hg/c1-3(2)4;/h3H,1-2H3;/q;+2. The Morgan fingerprint density at radius 2 is 1.40 bits per heavy atom. The largest absolute Gasteiger partial charge is 2.00 e. The van der Waals surface area contributed by atoms with E-state index in [-0.39, 0.29) is 27.7 Å². The molecule has 0 radical (unpaired) electrons. The Bertz CT molecular complexity index is 11.6. The molecule has 0 bridgehead atoms. The van der Waals surface area contributed by atoms with Gasteiger partial charge in [0.25, 0.3) is 0 Å². The Kier molecular flexibility index (Phi) is 9.95. The van der Waals surface area contributed by atoms with Gasteiger partial charge in [0.1, 0.15) is 0 Å². The van der Waals surface area contributed by atoms with Gasteiger partial charge < -0.3 is 0 Å². The minimum absolute atomic E-state index is 0. The third-order valence-corrected chi connectivity index (χ3v) is 0. The van der Waals surface area contributed by atoms with Crippen molar-refractivity contribution in [3.8, 4) is 0 Å². The van der Waals surface area contributed by atoms with Crippen LogP contribution in [0.15, 0.2) is 0 Å². The first-order valence-corrected chi connectivity index (χ1v) is 1.81. The van der Waals surface area contributed by atoms with Gasteiger partial charge in [-0.2, -0.15) is 0 Å². The fourth-order valence-corrected chi connectivity index (χ4v) is 0. The van der Waals surface area contributed by atoms with Gasteiger partial charge in [-0.25, -0.2) is 0 Å². The molecular formula is C3H7ClHg+2. The van der Waals surface area contributed by atoms with Crippen molar-refractivity contribution in [2.75, 3.05) is 0 Å². The molecule has 0 spiro atoms. The Morgan fingerprint density at radius 1 is 1.40 bits per heavy atom. The van der Waals surface area contributed by atoms with E-state index in [0.717, 1.165) is 0 Å². The molecule has 0 aromatic heterocycles. The Labute approximate surface area is 58.4 Å². The van der Waals surface area contributed by atoms with E-state index in [9.17, 15) is 0 Å². The van der Waals surface area contributed by atoms with Crippen LogP contribution < -0.4 is 0 Å². The van der Waals surface area contributed by atoms with Crippen LogP contribution in [0.2, 0.25) is 0 Å². The second-order valence-corrected chi connectivity index (χ2v) is 1.89. The smallest absolute Gasteiger partial charge is 0.124 e. The van der Waals surface area contributed by atoms with Crippen LogP contribution in [-0.2, 0) is 27.7 Å². The first-order chi connectivity index (χ1) is 1.73. The molecule has 0 aliphatic rings. The van der Waals surface area contributed by atoms with E-state index < -0.39 is 0 Å². The van der Waals surface area contributed by atoms with Crippen LogP contribution in [0.3, 0.4) is 0 Å². The fraction of sp³-hybridized carbons (Fsp3) is 1.00. The molecule has 0 nitrogen and oxygen atoms in total. The van der Waals surface area contributed by atoms with E-state index in [1.54, 1.807) is 0 Å². The normalized spacial score (nSPS) is 7.20. The van der Waals surface area contributed by atoms with Crippen molar-refractivity contribution in [3.63, 3.8) is 0 Å². The topological polar surface area (TPSA) is 0 Å². The predicted molar refractivity (Wildman–Crippen MR) is 21.0 cm³/mol. The van der Waals surface area contributed by atoms with Gasteiger partial charge in [0.2, 0.25) is 0 Å². The molecule has 0 rings (SSSR count). The van der Waals surface area contributed by atoms with Crippen LogP contribution in [-0.4, -0.2) is 5.38 Å². The Morgan fingerprint density at radius 3 is 1.40 bits per heavy atom. The summed E-state index contributed by atoms with van der Waals surface area (Å²) in [5, 5.41) is 0.306. The van der Waals surface area contributed by atoms with Crippen molar-refractivity contribution in [1.82, 2.24) is 0 Å². The van der Waals surface area contributed by atoms with Crippen molar-refractivity contribution in [3.05, 3.63) is 0 Å². The zero-order valence-corrected chi connectivity index (χ0v) is 9.92. The number of halogens is 1. The third-order valence-electron chi connectivity index (χ3n) is 0. The molecule has 0 unspecified atom stereocenters. The molecule has 2 heteroatoms. The van der Waals surface area contributed by atoms with Gasteiger partial charge in [-0.3, -0.25) is 0 Å². The minimum atomic E-state index is 0. The first-order valence-electron chi connectivity index (χ1n) is 1.37. The van der Waals surface area contributed by atoms with Crippen molar-refractivity contribution >= 4 is 11.6 Å². The molecule has 0 heterocycles. The number of rotatable bonds is 0. The van der Waals surface area contributed by atoms with Crippen molar-refractivity contribution < 1.29 is 27.7 Å². The maximum absolute atomic E-state index is 5.27. The van der Waals surface area contributed by atoms with Gasteiger partial charge >= 0.3 is 27.7 Å². The number of hydrogen-bond donors (Lipinski definition) is 0. The third kappa shape index (κ3) is 36.2. The van der Waals surface area contributed by atoms with Gasteiger partial charge in [0.05, 0.1) is 0 Å². The predicted octanol–water partition coefficient (Wildman–Crippen LogP) is 1.63. The molecule has 0 saturated carbocycles. The number of alkyl halides is 1. The summed E-state index contributed by atoms with van der Waals surface area (Å²) in [6.07, 6.45) is 0. The summed E-state index contributed by atoms with van der Waals surface area (Å²) in [6.45, 7) is 3.86. The average Bonchev–Trinajstić information content (AvgIpc) is 0.811. The summed E-state index contributed by atoms with van der Waals surface area (Å²) in [7, 11) is 0. The molecule has 26 valence electrons. The quantitative estimate of drug-likeness (QED) is 0.467. The summed E-state index contributed by atoms with van der Waals surface area (Å²) >= 11 is 5.27. The maximum Gasteiger partial charge on any atom is 2.00 e. The number of hydrogen-bond acceptors (Lipinski definition) is 0. The molecule has 0 aliphatic heterocycles.